The maximum absolute atomic E-state index is 12.9. The average molecular weight is 229 g/mol. The van der Waals surface area contributed by atoms with Crippen LogP contribution in [0, 0.1) is 5.82 Å². The average Bonchev–Trinajstić information content (AvgIpc) is 2.57. The SMILES string of the molecule is Nc1scnc1-c1ccc(F)c(Cl)c1. The molecule has 1 heterocycles. The van der Waals surface area contributed by atoms with Crippen LogP contribution in [0.1, 0.15) is 0 Å². The van der Waals surface area contributed by atoms with Crippen LogP contribution in [0.2, 0.25) is 5.02 Å². The van der Waals surface area contributed by atoms with Crippen molar-refractivity contribution in [1.29, 1.82) is 0 Å². The molecule has 0 amide bonds. The number of nitrogen functional groups attached to an aromatic ring is 1. The Balaban J connectivity index is 2.53. The van der Waals surface area contributed by atoms with Crippen LogP contribution in [0.5, 0.6) is 0 Å². The van der Waals surface area contributed by atoms with Gasteiger partial charge in [-0.25, -0.2) is 9.37 Å². The smallest absolute Gasteiger partial charge is 0.141 e. The highest BCUT2D eigenvalue weighted by Crippen LogP contribution is 2.29. The first kappa shape index (κ1) is 9.43. The minimum atomic E-state index is -0.441. The van der Waals surface area contributed by atoms with Gasteiger partial charge in [-0.2, -0.15) is 0 Å². The Morgan fingerprint density at radius 2 is 2.21 bits per heavy atom. The summed E-state index contributed by atoms with van der Waals surface area (Å²) < 4.78 is 12.9. The molecule has 0 aliphatic carbocycles. The molecule has 2 rings (SSSR count). The molecule has 0 aliphatic rings. The summed E-state index contributed by atoms with van der Waals surface area (Å²) >= 11 is 6.98. The molecule has 2 nitrogen and oxygen atoms in total. The van der Waals surface area contributed by atoms with Crippen molar-refractivity contribution in [2.24, 2.45) is 0 Å². The highest BCUT2D eigenvalue weighted by Gasteiger charge is 2.07. The van der Waals surface area contributed by atoms with Gasteiger partial charge in [-0.05, 0) is 18.2 Å². The molecule has 0 atom stereocenters. The van der Waals surface area contributed by atoms with Crippen LogP contribution < -0.4 is 5.73 Å². The molecule has 0 saturated carbocycles. The summed E-state index contributed by atoms with van der Waals surface area (Å²) in [6.45, 7) is 0. The normalized spacial score (nSPS) is 10.4. The number of halogens is 2. The lowest BCUT2D eigenvalue weighted by Crippen LogP contribution is -1.86. The van der Waals surface area contributed by atoms with Crippen molar-refractivity contribution in [3.63, 3.8) is 0 Å². The van der Waals surface area contributed by atoms with E-state index < -0.39 is 5.82 Å². The molecule has 1 aromatic heterocycles. The Hall–Kier alpha value is -1.13. The van der Waals surface area contributed by atoms with Gasteiger partial charge in [0.25, 0.3) is 0 Å². The maximum Gasteiger partial charge on any atom is 0.141 e. The third-order valence-corrected chi connectivity index (χ3v) is 2.74. The van der Waals surface area contributed by atoms with Crippen molar-refractivity contribution >= 4 is 27.9 Å². The van der Waals surface area contributed by atoms with Gasteiger partial charge < -0.3 is 5.73 Å². The molecule has 2 aromatic rings. The predicted octanol–water partition coefficient (Wildman–Crippen LogP) is 3.18. The lowest BCUT2D eigenvalue weighted by molar-refractivity contribution is 0.628. The van der Waals surface area contributed by atoms with Crippen LogP contribution in [0.3, 0.4) is 0 Å². The van der Waals surface area contributed by atoms with Crippen LogP contribution in [0.4, 0.5) is 9.39 Å². The number of thiazole rings is 1. The second-order valence-corrected chi connectivity index (χ2v) is 3.99. The minimum Gasteiger partial charge on any atom is -0.389 e. The van der Waals surface area contributed by atoms with Crippen molar-refractivity contribution in [1.82, 2.24) is 4.98 Å². The van der Waals surface area contributed by atoms with Crippen molar-refractivity contribution < 1.29 is 4.39 Å². The zero-order chi connectivity index (χ0) is 10.1. The lowest BCUT2D eigenvalue weighted by atomic mass is 10.1. The molecule has 1 aromatic carbocycles. The Bertz CT molecular complexity index is 470. The Labute approximate surface area is 89.2 Å². The Morgan fingerprint density at radius 1 is 1.43 bits per heavy atom. The number of benzene rings is 1. The summed E-state index contributed by atoms with van der Waals surface area (Å²) in [5, 5.41) is 0.683. The van der Waals surface area contributed by atoms with Gasteiger partial charge >= 0.3 is 0 Å². The molecular formula is C9H6ClFN2S. The van der Waals surface area contributed by atoms with E-state index in [0.29, 0.717) is 10.7 Å². The maximum atomic E-state index is 12.9. The van der Waals surface area contributed by atoms with E-state index in [1.165, 1.54) is 23.5 Å². The third-order valence-electron chi connectivity index (χ3n) is 1.79. The number of hydrogen-bond donors (Lipinski definition) is 1. The van der Waals surface area contributed by atoms with Crippen molar-refractivity contribution in [3.05, 3.63) is 34.5 Å². The zero-order valence-corrected chi connectivity index (χ0v) is 8.57. The number of nitrogens with zero attached hydrogens (tertiary/aromatic N) is 1. The lowest BCUT2D eigenvalue weighted by Gasteiger charge is -1.99. The molecule has 0 unspecified atom stereocenters. The second kappa shape index (κ2) is 3.55. The second-order valence-electron chi connectivity index (χ2n) is 2.69. The Kier molecular flexibility index (Phi) is 2.39. The fraction of sp³-hybridized carbons (Fsp3) is 0. The summed E-state index contributed by atoms with van der Waals surface area (Å²) in [6.07, 6.45) is 0. The number of hydrogen-bond acceptors (Lipinski definition) is 3. The standard InChI is InChI=1S/C9H6ClFN2S/c10-6-3-5(1-2-7(6)11)8-9(12)14-4-13-8/h1-4H,12H2. The highest BCUT2D eigenvalue weighted by molar-refractivity contribution is 7.14. The summed E-state index contributed by atoms with van der Waals surface area (Å²) in [6, 6.07) is 4.42. The fourth-order valence-electron chi connectivity index (χ4n) is 1.12. The predicted molar refractivity (Wildman–Crippen MR) is 56.9 cm³/mol. The summed E-state index contributed by atoms with van der Waals surface area (Å²) in [7, 11) is 0. The number of rotatable bonds is 1. The van der Waals surface area contributed by atoms with Gasteiger partial charge in [0.15, 0.2) is 0 Å². The van der Waals surface area contributed by atoms with E-state index >= 15 is 0 Å². The summed E-state index contributed by atoms with van der Waals surface area (Å²) in [5.74, 6) is -0.441. The molecule has 2 N–H and O–H groups in total. The van der Waals surface area contributed by atoms with Gasteiger partial charge in [-0.15, -0.1) is 11.3 Å². The molecule has 0 fully saturated rings. The van der Waals surface area contributed by atoms with Crippen LogP contribution in [0.25, 0.3) is 11.3 Å². The first-order chi connectivity index (χ1) is 6.68. The van der Waals surface area contributed by atoms with E-state index in [1.807, 2.05) is 0 Å². The van der Waals surface area contributed by atoms with Crippen LogP contribution in [-0.4, -0.2) is 4.98 Å². The topological polar surface area (TPSA) is 38.9 Å². The monoisotopic (exact) mass is 228 g/mol. The molecule has 0 spiro atoms. The van der Waals surface area contributed by atoms with Gasteiger partial charge in [0, 0.05) is 5.56 Å². The van der Waals surface area contributed by atoms with Gasteiger partial charge in [0.1, 0.15) is 16.5 Å². The molecule has 5 heteroatoms. The van der Waals surface area contributed by atoms with E-state index in [-0.39, 0.29) is 5.02 Å². The highest BCUT2D eigenvalue weighted by atomic mass is 35.5. The number of nitrogens with two attached hydrogens (primary N) is 1. The molecule has 0 bridgehead atoms. The minimum absolute atomic E-state index is 0.0786. The Morgan fingerprint density at radius 3 is 2.79 bits per heavy atom. The molecule has 14 heavy (non-hydrogen) atoms. The number of anilines is 1. The van der Waals surface area contributed by atoms with Crippen molar-refractivity contribution in [3.8, 4) is 11.3 Å². The van der Waals surface area contributed by atoms with E-state index in [2.05, 4.69) is 4.98 Å². The van der Waals surface area contributed by atoms with Crippen LogP contribution in [0.15, 0.2) is 23.7 Å². The first-order valence-corrected chi connectivity index (χ1v) is 5.08. The van der Waals surface area contributed by atoms with Crippen LogP contribution >= 0.6 is 22.9 Å². The quantitative estimate of drug-likeness (QED) is 0.814. The zero-order valence-electron chi connectivity index (χ0n) is 7.00. The molecule has 72 valence electrons. The molecule has 0 radical (unpaired) electrons. The van der Waals surface area contributed by atoms with Gasteiger partial charge in [0.2, 0.25) is 0 Å². The van der Waals surface area contributed by atoms with Gasteiger partial charge in [-0.1, -0.05) is 11.6 Å². The first-order valence-electron chi connectivity index (χ1n) is 3.83. The fourth-order valence-corrected chi connectivity index (χ4v) is 1.85. The third kappa shape index (κ3) is 1.58. The molecule has 0 aliphatic heterocycles. The summed E-state index contributed by atoms with van der Waals surface area (Å²) in [4.78, 5) is 4.07. The van der Waals surface area contributed by atoms with Crippen LogP contribution in [-0.2, 0) is 0 Å². The largest absolute Gasteiger partial charge is 0.389 e. The van der Waals surface area contributed by atoms with E-state index in [9.17, 15) is 4.39 Å². The van der Waals surface area contributed by atoms with Gasteiger partial charge in [-0.3, -0.25) is 0 Å². The van der Waals surface area contributed by atoms with Crippen molar-refractivity contribution in [2.45, 2.75) is 0 Å². The van der Waals surface area contributed by atoms with E-state index in [1.54, 1.807) is 11.6 Å². The van der Waals surface area contributed by atoms with Crippen molar-refractivity contribution in [2.75, 3.05) is 5.73 Å². The number of aromatic nitrogens is 1. The van der Waals surface area contributed by atoms with Gasteiger partial charge in [0.05, 0.1) is 10.5 Å². The molecule has 0 saturated heterocycles. The molecular weight excluding hydrogens is 223 g/mol. The van der Waals surface area contributed by atoms with E-state index in [0.717, 1.165) is 5.56 Å². The summed E-state index contributed by atoms with van der Waals surface area (Å²) in [5.41, 5.74) is 8.70. The van der Waals surface area contributed by atoms with E-state index in [4.69, 9.17) is 17.3 Å².